The summed E-state index contributed by atoms with van der Waals surface area (Å²) in [5.74, 6) is -0.443. The van der Waals surface area contributed by atoms with Crippen LogP contribution in [-0.4, -0.2) is 41.4 Å². The maximum atomic E-state index is 10.8. The Morgan fingerprint density at radius 1 is 1.41 bits per heavy atom. The average Bonchev–Trinajstić information content (AvgIpc) is 2.27. The summed E-state index contributed by atoms with van der Waals surface area (Å²) in [7, 11) is 3.75. The molecule has 2 N–H and O–H groups in total. The summed E-state index contributed by atoms with van der Waals surface area (Å²) in [5.41, 5.74) is -0.179. The molecule has 94 valence electrons. The minimum absolute atomic E-state index is 0.693. The minimum atomic E-state index is -1.45. The summed E-state index contributed by atoms with van der Waals surface area (Å²) in [5, 5.41) is 18.5. The fourth-order valence-corrected chi connectivity index (χ4v) is 1.50. The fraction of sp³-hybridized carbons (Fsp3) is 0.500. The first-order valence-electron chi connectivity index (χ1n) is 5.31. The molecule has 0 aliphatic carbocycles. The van der Waals surface area contributed by atoms with E-state index in [-0.39, 0.29) is 0 Å². The number of carboxylic acid groups (broad SMARTS) is 1. The molecule has 1 aromatic rings. The standard InChI is InChI=1S/C12H18N2O3/c1-12(2,10(15)11(16)17)8-5-6-9(13-7-8)14(3)4/h5-7,10,15H,1-4H3,(H,16,17). The van der Waals surface area contributed by atoms with E-state index >= 15 is 0 Å². The van der Waals surface area contributed by atoms with Crippen molar-refractivity contribution in [3.05, 3.63) is 23.9 Å². The normalized spacial score (nSPS) is 13.2. The lowest BCUT2D eigenvalue weighted by atomic mass is 9.80. The van der Waals surface area contributed by atoms with Crippen LogP contribution in [0.3, 0.4) is 0 Å². The molecule has 1 heterocycles. The van der Waals surface area contributed by atoms with Crippen LogP contribution in [0.5, 0.6) is 0 Å². The number of hydrogen-bond donors (Lipinski definition) is 2. The number of aliphatic carboxylic acids is 1. The van der Waals surface area contributed by atoms with Crippen LogP contribution in [0.4, 0.5) is 5.82 Å². The molecule has 0 aliphatic heterocycles. The predicted octanol–water partition coefficient (Wildman–Crippen LogP) is 0.871. The zero-order chi connectivity index (χ0) is 13.2. The van der Waals surface area contributed by atoms with Gasteiger partial charge >= 0.3 is 5.97 Å². The van der Waals surface area contributed by atoms with E-state index in [1.165, 1.54) is 0 Å². The largest absolute Gasteiger partial charge is 0.479 e. The van der Waals surface area contributed by atoms with E-state index in [4.69, 9.17) is 5.11 Å². The van der Waals surface area contributed by atoms with Gasteiger partial charge in [-0.05, 0) is 11.6 Å². The van der Waals surface area contributed by atoms with Crippen molar-refractivity contribution in [2.75, 3.05) is 19.0 Å². The molecule has 1 atom stereocenters. The van der Waals surface area contributed by atoms with E-state index in [1.807, 2.05) is 19.0 Å². The summed E-state index contributed by atoms with van der Waals surface area (Å²) in [6.45, 7) is 3.36. The monoisotopic (exact) mass is 238 g/mol. The Bertz CT molecular complexity index is 399. The lowest BCUT2D eigenvalue weighted by Crippen LogP contribution is -2.39. The third-order valence-corrected chi connectivity index (χ3v) is 2.87. The number of anilines is 1. The van der Waals surface area contributed by atoms with Gasteiger partial charge in [-0.15, -0.1) is 0 Å². The SMILES string of the molecule is CN(C)c1ccc(C(C)(C)C(O)C(=O)O)cn1. The van der Waals surface area contributed by atoms with E-state index in [1.54, 1.807) is 32.2 Å². The van der Waals surface area contributed by atoms with Crippen molar-refractivity contribution in [2.24, 2.45) is 0 Å². The molecule has 1 rings (SSSR count). The van der Waals surface area contributed by atoms with Crippen molar-refractivity contribution in [1.29, 1.82) is 0 Å². The van der Waals surface area contributed by atoms with E-state index in [2.05, 4.69) is 4.98 Å². The molecule has 0 spiro atoms. The maximum absolute atomic E-state index is 10.8. The van der Waals surface area contributed by atoms with Crippen molar-refractivity contribution in [3.8, 4) is 0 Å². The predicted molar refractivity (Wildman–Crippen MR) is 65.2 cm³/mol. The highest BCUT2D eigenvalue weighted by atomic mass is 16.4. The first-order chi connectivity index (χ1) is 7.76. The molecule has 17 heavy (non-hydrogen) atoms. The third-order valence-electron chi connectivity index (χ3n) is 2.87. The summed E-state index contributed by atoms with van der Waals surface area (Å²) >= 11 is 0. The van der Waals surface area contributed by atoms with Crippen LogP contribution >= 0.6 is 0 Å². The second kappa shape index (κ2) is 4.71. The second-order valence-corrected chi connectivity index (χ2v) is 4.76. The molecule has 1 aromatic heterocycles. The third kappa shape index (κ3) is 2.74. The number of carboxylic acids is 1. The van der Waals surface area contributed by atoms with Crippen molar-refractivity contribution >= 4 is 11.8 Å². The minimum Gasteiger partial charge on any atom is -0.479 e. The average molecular weight is 238 g/mol. The molecule has 0 radical (unpaired) electrons. The van der Waals surface area contributed by atoms with Crippen molar-refractivity contribution < 1.29 is 15.0 Å². The highest BCUT2D eigenvalue weighted by Gasteiger charge is 2.35. The van der Waals surface area contributed by atoms with Crippen LogP contribution in [0.25, 0.3) is 0 Å². The van der Waals surface area contributed by atoms with Crippen molar-refractivity contribution in [2.45, 2.75) is 25.4 Å². The van der Waals surface area contributed by atoms with Crippen LogP contribution in [0.2, 0.25) is 0 Å². The number of aliphatic hydroxyl groups excluding tert-OH is 1. The molecule has 0 aromatic carbocycles. The Balaban J connectivity index is 3.03. The molecular formula is C12H18N2O3. The molecule has 5 heteroatoms. The summed E-state index contributed by atoms with van der Waals surface area (Å²) in [6, 6.07) is 3.58. The van der Waals surface area contributed by atoms with Gasteiger partial charge in [0.2, 0.25) is 0 Å². The van der Waals surface area contributed by atoms with Gasteiger partial charge in [0.1, 0.15) is 5.82 Å². The Hall–Kier alpha value is -1.62. The molecule has 0 amide bonds. The molecule has 0 saturated carbocycles. The Kier molecular flexibility index (Phi) is 3.72. The van der Waals surface area contributed by atoms with E-state index in [0.29, 0.717) is 5.56 Å². The van der Waals surface area contributed by atoms with Crippen molar-refractivity contribution in [1.82, 2.24) is 4.98 Å². The fourth-order valence-electron chi connectivity index (χ4n) is 1.50. The first kappa shape index (κ1) is 13.4. The topological polar surface area (TPSA) is 73.7 Å². The van der Waals surface area contributed by atoms with Gasteiger partial charge in [-0.25, -0.2) is 9.78 Å². The molecule has 0 saturated heterocycles. The van der Waals surface area contributed by atoms with Gasteiger partial charge < -0.3 is 15.1 Å². The van der Waals surface area contributed by atoms with Gasteiger partial charge in [0.05, 0.1) is 0 Å². The molecular weight excluding hydrogens is 220 g/mol. The van der Waals surface area contributed by atoms with Gasteiger partial charge in [-0.2, -0.15) is 0 Å². The van der Waals surface area contributed by atoms with E-state index < -0.39 is 17.5 Å². The number of hydrogen-bond acceptors (Lipinski definition) is 4. The number of rotatable bonds is 4. The molecule has 5 nitrogen and oxygen atoms in total. The van der Waals surface area contributed by atoms with Gasteiger partial charge in [-0.1, -0.05) is 19.9 Å². The molecule has 0 aliphatic rings. The second-order valence-electron chi connectivity index (χ2n) is 4.76. The quantitative estimate of drug-likeness (QED) is 0.814. The highest BCUT2D eigenvalue weighted by Crippen LogP contribution is 2.27. The van der Waals surface area contributed by atoms with Gasteiger partial charge in [-0.3, -0.25) is 0 Å². The van der Waals surface area contributed by atoms with Crippen LogP contribution in [0, 0.1) is 0 Å². The summed E-state index contributed by atoms with van der Waals surface area (Å²) in [6.07, 6.45) is 0.149. The Morgan fingerprint density at radius 2 is 2.00 bits per heavy atom. The number of nitrogens with zero attached hydrogens (tertiary/aromatic N) is 2. The zero-order valence-electron chi connectivity index (χ0n) is 10.5. The van der Waals surface area contributed by atoms with Crippen LogP contribution in [-0.2, 0) is 10.2 Å². The molecule has 0 fully saturated rings. The smallest absolute Gasteiger partial charge is 0.333 e. The van der Waals surface area contributed by atoms with E-state index in [0.717, 1.165) is 5.82 Å². The maximum Gasteiger partial charge on any atom is 0.333 e. The number of carbonyl (C=O) groups is 1. The lowest BCUT2D eigenvalue weighted by molar-refractivity contribution is -0.150. The zero-order valence-corrected chi connectivity index (χ0v) is 10.5. The highest BCUT2D eigenvalue weighted by molar-refractivity contribution is 5.74. The van der Waals surface area contributed by atoms with Crippen LogP contribution < -0.4 is 4.90 Å². The molecule has 1 unspecified atom stereocenters. The summed E-state index contributed by atoms with van der Waals surface area (Å²) in [4.78, 5) is 16.9. The Morgan fingerprint density at radius 3 is 2.35 bits per heavy atom. The van der Waals surface area contributed by atoms with Crippen molar-refractivity contribution in [3.63, 3.8) is 0 Å². The number of aliphatic hydroxyl groups is 1. The van der Waals surface area contributed by atoms with Crippen LogP contribution in [0.15, 0.2) is 18.3 Å². The first-order valence-corrected chi connectivity index (χ1v) is 5.31. The lowest BCUT2D eigenvalue weighted by Gasteiger charge is -2.28. The molecule has 0 bridgehead atoms. The Labute approximate surface area is 101 Å². The van der Waals surface area contributed by atoms with Gasteiger partial charge in [0.15, 0.2) is 6.10 Å². The van der Waals surface area contributed by atoms with Gasteiger partial charge in [0, 0.05) is 25.7 Å². The van der Waals surface area contributed by atoms with Crippen LogP contribution in [0.1, 0.15) is 19.4 Å². The van der Waals surface area contributed by atoms with Gasteiger partial charge in [0.25, 0.3) is 0 Å². The van der Waals surface area contributed by atoms with E-state index in [9.17, 15) is 9.90 Å². The number of pyridine rings is 1. The number of aromatic nitrogens is 1. The summed E-state index contributed by atoms with van der Waals surface area (Å²) < 4.78 is 0.